The first-order chi connectivity index (χ1) is 12.2. The molecule has 7 heteroatoms. The quantitative estimate of drug-likeness (QED) is 0.735. The maximum absolute atomic E-state index is 12.7. The van der Waals surface area contributed by atoms with Crippen LogP contribution in [0.4, 0.5) is 13.2 Å². The third kappa shape index (κ3) is 5.42. The SMILES string of the molecule is Cc1cc(CCCCCN(C)C)nnc1-c1ccc(C(F)(F)F)cc1O. The summed E-state index contributed by atoms with van der Waals surface area (Å²) < 4.78 is 38.1. The Balaban J connectivity index is 2.08. The molecule has 0 saturated heterocycles. The number of phenolic OH excluding ortho intramolecular Hbond substituents is 1. The number of benzene rings is 1. The molecule has 1 heterocycles. The van der Waals surface area contributed by atoms with Gasteiger partial charge in [-0.1, -0.05) is 6.42 Å². The Hall–Kier alpha value is -2.15. The van der Waals surface area contributed by atoms with E-state index in [1.54, 1.807) is 0 Å². The first-order valence-corrected chi connectivity index (χ1v) is 8.57. The number of nitrogens with zero attached hydrogens (tertiary/aromatic N) is 3. The Kier molecular flexibility index (Phi) is 6.58. The molecule has 0 atom stereocenters. The summed E-state index contributed by atoms with van der Waals surface area (Å²) in [4.78, 5) is 2.15. The van der Waals surface area contributed by atoms with Gasteiger partial charge in [-0.3, -0.25) is 0 Å². The van der Waals surface area contributed by atoms with E-state index in [0.717, 1.165) is 55.6 Å². The first-order valence-electron chi connectivity index (χ1n) is 8.57. The third-order valence-corrected chi connectivity index (χ3v) is 4.15. The minimum absolute atomic E-state index is 0.250. The molecule has 0 aliphatic carbocycles. The molecule has 0 spiro atoms. The average Bonchev–Trinajstić information content (AvgIpc) is 2.54. The van der Waals surface area contributed by atoms with E-state index in [1.165, 1.54) is 6.07 Å². The maximum atomic E-state index is 12.7. The lowest BCUT2D eigenvalue weighted by Crippen LogP contribution is -2.12. The number of aromatic hydroxyl groups is 1. The Labute approximate surface area is 151 Å². The highest BCUT2D eigenvalue weighted by Gasteiger charge is 2.31. The highest BCUT2D eigenvalue weighted by molar-refractivity contribution is 5.69. The van der Waals surface area contributed by atoms with Crippen molar-refractivity contribution in [1.82, 2.24) is 15.1 Å². The molecule has 0 unspecified atom stereocenters. The van der Waals surface area contributed by atoms with E-state index >= 15 is 0 Å². The van der Waals surface area contributed by atoms with Crippen molar-refractivity contribution in [2.75, 3.05) is 20.6 Å². The van der Waals surface area contributed by atoms with Crippen molar-refractivity contribution in [2.45, 2.75) is 38.8 Å². The Morgan fingerprint density at radius 2 is 1.77 bits per heavy atom. The Bertz CT molecular complexity index is 745. The van der Waals surface area contributed by atoms with Gasteiger partial charge < -0.3 is 10.0 Å². The number of aromatic nitrogens is 2. The molecule has 1 aromatic heterocycles. The molecule has 4 nitrogen and oxygen atoms in total. The van der Waals surface area contributed by atoms with Gasteiger partial charge >= 0.3 is 6.18 Å². The van der Waals surface area contributed by atoms with E-state index in [0.29, 0.717) is 5.69 Å². The summed E-state index contributed by atoms with van der Waals surface area (Å²) in [6.45, 7) is 2.87. The predicted molar refractivity (Wildman–Crippen MR) is 95.0 cm³/mol. The third-order valence-electron chi connectivity index (χ3n) is 4.15. The minimum atomic E-state index is -4.49. The van der Waals surface area contributed by atoms with Crippen molar-refractivity contribution < 1.29 is 18.3 Å². The number of hydrogen-bond acceptors (Lipinski definition) is 4. The molecular formula is C19H24F3N3O. The number of alkyl halides is 3. The molecule has 142 valence electrons. The predicted octanol–water partition coefficient (Wildman–Crippen LogP) is 4.45. The second-order valence-electron chi connectivity index (χ2n) is 6.71. The van der Waals surface area contributed by atoms with Crippen LogP contribution in [0.3, 0.4) is 0 Å². The number of phenols is 1. The van der Waals surface area contributed by atoms with Crippen LogP contribution in [0, 0.1) is 6.92 Å². The normalized spacial score (nSPS) is 12.0. The summed E-state index contributed by atoms with van der Waals surface area (Å²) in [7, 11) is 4.09. The van der Waals surface area contributed by atoms with Gasteiger partial charge in [-0.25, -0.2) is 0 Å². The fourth-order valence-corrected chi connectivity index (χ4v) is 2.75. The van der Waals surface area contributed by atoms with Gasteiger partial charge in [0.15, 0.2) is 0 Å². The van der Waals surface area contributed by atoms with Gasteiger partial charge in [-0.15, -0.1) is 5.10 Å². The number of aryl methyl sites for hydroxylation is 2. The molecule has 26 heavy (non-hydrogen) atoms. The minimum Gasteiger partial charge on any atom is -0.507 e. The van der Waals surface area contributed by atoms with Crippen LogP contribution in [0.1, 0.15) is 36.1 Å². The molecule has 2 rings (SSSR count). The average molecular weight is 367 g/mol. The molecule has 0 fully saturated rings. The highest BCUT2D eigenvalue weighted by Crippen LogP contribution is 2.36. The Morgan fingerprint density at radius 3 is 2.35 bits per heavy atom. The van der Waals surface area contributed by atoms with Gasteiger partial charge in [-0.2, -0.15) is 18.3 Å². The molecule has 0 aliphatic rings. The van der Waals surface area contributed by atoms with Crippen molar-refractivity contribution in [3.05, 3.63) is 41.1 Å². The standard InChI is InChI=1S/C19H24F3N3O/c1-13-11-15(7-5-4-6-10-25(2)3)23-24-18(13)16-9-8-14(12-17(16)26)19(20,21)22/h8-9,11-12,26H,4-7,10H2,1-3H3. The molecule has 0 bridgehead atoms. The summed E-state index contributed by atoms with van der Waals surface area (Å²) in [5.41, 5.74) is 1.38. The van der Waals surface area contributed by atoms with Crippen LogP contribution in [0.5, 0.6) is 5.75 Å². The first kappa shape index (κ1) is 20.2. The highest BCUT2D eigenvalue weighted by atomic mass is 19.4. The van der Waals surface area contributed by atoms with Gasteiger partial charge in [0.25, 0.3) is 0 Å². The smallest absolute Gasteiger partial charge is 0.416 e. The van der Waals surface area contributed by atoms with Gasteiger partial charge in [-0.05, 0) is 76.7 Å². The van der Waals surface area contributed by atoms with Gasteiger partial charge in [0, 0.05) is 5.56 Å². The molecule has 1 N–H and O–H groups in total. The van der Waals surface area contributed by atoms with Crippen molar-refractivity contribution in [3.8, 4) is 17.0 Å². The summed E-state index contributed by atoms with van der Waals surface area (Å²) in [6, 6.07) is 4.77. The van der Waals surface area contributed by atoms with E-state index in [4.69, 9.17) is 0 Å². The number of unbranched alkanes of at least 4 members (excludes halogenated alkanes) is 2. The van der Waals surface area contributed by atoms with Crippen LogP contribution in [-0.4, -0.2) is 40.8 Å². The van der Waals surface area contributed by atoms with Crippen LogP contribution >= 0.6 is 0 Å². The molecule has 1 aromatic carbocycles. The lowest BCUT2D eigenvalue weighted by Gasteiger charge is -2.11. The van der Waals surface area contributed by atoms with Crippen LogP contribution in [-0.2, 0) is 12.6 Å². The zero-order valence-electron chi connectivity index (χ0n) is 15.3. The van der Waals surface area contributed by atoms with E-state index in [2.05, 4.69) is 15.1 Å². The summed E-state index contributed by atoms with van der Waals surface area (Å²) in [5, 5.41) is 18.3. The van der Waals surface area contributed by atoms with Crippen LogP contribution in [0.2, 0.25) is 0 Å². The van der Waals surface area contributed by atoms with Gasteiger partial charge in [0.2, 0.25) is 0 Å². The number of hydrogen-bond donors (Lipinski definition) is 1. The second-order valence-corrected chi connectivity index (χ2v) is 6.71. The molecular weight excluding hydrogens is 343 g/mol. The second kappa shape index (κ2) is 8.49. The van der Waals surface area contributed by atoms with Crippen LogP contribution in [0.15, 0.2) is 24.3 Å². The fraction of sp³-hybridized carbons (Fsp3) is 0.474. The molecule has 0 saturated carbocycles. The van der Waals surface area contributed by atoms with E-state index < -0.39 is 17.5 Å². The maximum Gasteiger partial charge on any atom is 0.416 e. The van der Waals surface area contributed by atoms with Gasteiger partial charge in [0.1, 0.15) is 5.75 Å². The van der Waals surface area contributed by atoms with E-state index in [9.17, 15) is 18.3 Å². The summed E-state index contributed by atoms with van der Waals surface area (Å²) >= 11 is 0. The largest absolute Gasteiger partial charge is 0.507 e. The van der Waals surface area contributed by atoms with Crippen LogP contribution in [0.25, 0.3) is 11.3 Å². The van der Waals surface area contributed by atoms with Crippen molar-refractivity contribution in [3.63, 3.8) is 0 Å². The van der Waals surface area contributed by atoms with Crippen LogP contribution < -0.4 is 0 Å². The van der Waals surface area contributed by atoms with Crippen molar-refractivity contribution in [1.29, 1.82) is 0 Å². The summed E-state index contributed by atoms with van der Waals surface area (Å²) in [6.07, 6.45) is -0.460. The number of rotatable bonds is 7. The number of halogens is 3. The zero-order chi connectivity index (χ0) is 19.3. The van der Waals surface area contributed by atoms with Gasteiger partial charge in [0.05, 0.1) is 17.0 Å². The monoisotopic (exact) mass is 367 g/mol. The summed E-state index contributed by atoms with van der Waals surface area (Å²) in [5.74, 6) is -0.450. The molecule has 0 radical (unpaired) electrons. The van der Waals surface area contributed by atoms with E-state index in [-0.39, 0.29) is 5.56 Å². The fourth-order valence-electron chi connectivity index (χ4n) is 2.75. The molecule has 0 aliphatic heterocycles. The van der Waals surface area contributed by atoms with Crippen molar-refractivity contribution >= 4 is 0 Å². The topological polar surface area (TPSA) is 49.2 Å². The zero-order valence-corrected chi connectivity index (χ0v) is 15.3. The van der Waals surface area contributed by atoms with Crippen molar-refractivity contribution in [2.24, 2.45) is 0 Å². The lowest BCUT2D eigenvalue weighted by molar-refractivity contribution is -0.137. The lowest BCUT2D eigenvalue weighted by atomic mass is 10.0. The Morgan fingerprint density at radius 1 is 1.04 bits per heavy atom. The van der Waals surface area contributed by atoms with E-state index in [1.807, 2.05) is 27.1 Å². The molecule has 2 aromatic rings. The molecule has 0 amide bonds.